The standard InChI is InChI=1S/C15H17N5O2S/c1-8-7-23-15-16-5-11(14(22)20(8)15)13(21)17-9(2)12-6-19(4)18-10(12)3/h5-7,9H,1-4H3,(H,17,21). The van der Waals surface area contributed by atoms with E-state index in [0.29, 0.717) is 4.96 Å². The number of hydrogen-bond donors (Lipinski definition) is 1. The Balaban J connectivity index is 1.92. The molecule has 0 aromatic carbocycles. The predicted molar refractivity (Wildman–Crippen MR) is 87.9 cm³/mol. The van der Waals surface area contributed by atoms with E-state index in [1.807, 2.05) is 39.4 Å². The molecule has 0 saturated carbocycles. The van der Waals surface area contributed by atoms with Crippen molar-refractivity contribution in [2.24, 2.45) is 7.05 Å². The molecule has 0 spiro atoms. The maximum Gasteiger partial charge on any atom is 0.271 e. The van der Waals surface area contributed by atoms with Gasteiger partial charge in [0.25, 0.3) is 11.5 Å². The summed E-state index contributed by atoms with van der Waals surface area (Å²) in [6.45, 7) is 5.56. The van der Waals surface area contributed by atoms with Crippen molar-refractivity contribution < 1.29 is 4.79 Å². The Morgan fingerprint density at radius 3 is 2.78 bits per heavy atom. The Kier molecular flexibility index (Phi) is 3.77. The Labute approximate surface area is 136 Å². The van der Waals surface area contributed by atoms with E-state index < -0.39 is 5.91 Å². The average Bonchev–Trinajstić information content (AvgIpc) is 3.02. The molecule has 8 heteroatoms. The number of nitrogens with one attached hydrogen (secondary N) is 1. The molecule has 0 aliphatic carbocycles. The molecule has 120 valence electrons. The number of fused-ring (bicyclic) bond motifs is 1. The molecule has 23 heavy (non-hydrogen) atoms. The van der Waals surface area contributed by atoms with Gasteiger partial charge in [0.05, 0.1) is 11.7 Å². The SMILES string of the molecule is Cc1nn(C)cc1C(C)NC(=O)c1cnc2scc(C)n2c1=O. The molecule has 0 aliphatic heterocycles. The molecule has 3 aromatic heterocycles. The van der Waals surface area contributed by atoms with E-state index >= 15 is 0 Å². The van der Waals surface area contributed by atoms with Gasteiger partial charge in [0.2, 0.25) is 0 Å². The number of hydrogen-bond acceptors (Lipinski definition) is 5. The molecule has 1 atom stereocenters. The molecule has 1 amide bonds. The summed E-state index contributed by atoms with van der Waals surface area (Å²) >= 11 is 1.37. The quantitative estimate of drug-likeness (QED) is 0.790. The summed E-state index contributed by atoms with van der Waals surface area (Å²) in [5, 5.41) is 8.95. The fraction of sp³-hybridized carbons (Fsp3) is 0.333. The molecular weight excluding hydrogens is 314 g/mol. The molecule has 0 radical (unpaired) electrons. The Morgan fingerprint density at radius 1 is 1.39 bits per heavy atom. The van der Waals surface area contributed by atoms with Gasteiger partial charge >= 0.3 is 0 Å². The second-order valence-electron chi connectivity index (χ2n) is 5.51. The molecule has 3 aromatic rings. The highest BCUT2D eigenvalue weighted by Gasteiger charge is 2.19. The van der Waals surface area contributed by atoms with Crippen LogP contribution in [0.1, 0.15) is 40.3 Å². The molecule has 7 nitrogen and oxygen atoms in total. The summed E-state index contributed by atoms with van der Waals surface area (Å²) in [5.74, 6) is -0.432. The van der Waals surface area contributed by atoms with E-state index in [4.69, 9.17) is 0 Å². The third kappa shape index (κ3) is 2.65. The van der Waals surface area contributed by atoms with Crippen molar-refractivity contribution in [3.63, 3.8) is 0 Å². The molecule has 0 fully saturated rings. The second-order valence-corrected chi connectivity index (χ2v) is 6.35. The number of amides is 1. The number of carbonyl (C=O) groups is 1. The highest BCUT2D eigenvalue weighted by Crippen LogP contribution is 2.16. The van der Waals surface area contributed by atoms with Crippen LogP contribution in [0.25, 0.3) is 4.96 Å². The van der Waals surface area contributed by atoms with Gasteiger partial charge in [-0.2, -0.15) is 5.10 Å². The lowest BCUT2D eigenvalue weighted by atomic mass is 10.1. The van der Waals surface area contributed by atoms with Crippen LogP contribution in [0.4, 0.5) is 0 Å². The lowest BCUT2D eigenvalue weighted by Crippen LogP contribution is -2.33. The van der Waals surface area contributed by atoms with Crippen molar-refractivity contribution >= 4 is 22.2 Å². The number of thiazole rings is 1. The minimum absolute atomic E-state index is 0.0393. The third-order valence-electron chi connectivity index (χ3n) is 3.73. The van der Waals surface area contributed by atoms with Crippen molar-refractivity contribution in [3.05, 3.63) is 50.6 Å². The molecule has 1 N–H and O–H groups in total. The number of aromatic nitrogens is 4. The molecular formula is C15H17N5O2S. The van der Waals surface area contributed by atoms with Gasteiger partial charge < -0.3 is 5.32 Å². The maximum atomic E-state index is 12.5. The summed E-state index contributed by atoms with van der Waals surface area (Å²) < 4.78 is 3.16. The van der Waals surface area contributed by atoms with Gasteiger partial charge in [0, 0.05) is 36.1 Å². The van der Waals surface area contributed by atoms with Crippen molar-refractivity contribution in [2.75, 3.05) is 0 Å². The van der Waals surface area contributed by atoms with E-state index in [9.17, 15) is 9.59 Å². The molecule has 3 heterocycles. The monoisotopic (exact) mass is 331 g/mol. The summed E-state index contributed by atoms with van der Waals surface area (Å²) in [6, 6.07) is -0.250. The summed E-state index contributed by atoms with van der Waals surface area (Å²) in [4.78, 5) is 29.7. The number of nitrogens with zero attached hydrogens (tertiary/aromatic N) is 4. The van der Waals surface area contributed by atoms with Crippen LogP contribution < -0.4 is 10.9 Å². The van der Waals surface area contributed by atoms with E-state index in [0.717, 1.165) is 17.0 Å². The van der Waals surface area contributed by atoms with Gasteiger partial charge in [-0.25, -0.2) is 4.98 Å². The Bertz CT molecular complexity index is 953. The van der Waals surface area contributed by atoms with Crippen molar-refractivity contribution in [3.8, 4) is 0 Å². The lowest BCUT2D eigenvalue weighted by molar-refractivity contribution is 0.0938. The number of rotatable bonds is 3. The Hall–Kier alpha value is -2.48. The van der Waals surface area contributed by atoms with Crippen molar-refractivity contribution in [2.45, 2.75) is 26.8 Å². The van der Waals surface area contributed by atoms with Gasteiger partial charge in [0.15, 0.2) is 4.96 Å². The largest absolute Gasteiger partial charge is 0.345 e. The first-order valence-corrected chi connectivity index (χ1v) is 8.03. The van der Waals surface area contributed by atoms with Crippen molar-refractivity contribution in [1.29, 1.82) is 0 Å². The minimum Gasteiger partial charge on any atom is -0.345 e. The van der Waals surface area contributed by atoms with Gasteiger partial charge in [0.1, 0.15) is 5.56 Å². The van der Waals surface area contributed by atoms with Gasteiger partial charge in [-0.3, -0.25) is 18.7 Å². The fourth-order valence-corrected chi connectivity index (χ4v) is 3.40. The first-order valence-electron chi connectivity index (χ1n) is 7.15. The second kappa shape index (κ2) is 5.62. The summed E-state index contributed by atoms with van der Waals surface area (Å²) in [6.07, 6.45) is 3.20. The van der Waals surface area contributed by atoms with Gasteiger partial charge in [-0.05, 0) is 20.8 Å². The summed E-state index contributed by atoms with van der Waals surface area (Å²) in [5.41, 5.74) is 2.23. The highest BCUT2D eigenvalue weighted by molar-refractivity contribution is 7.15. The predicted octanol–water partition coefficient (Wildman–Crippen LogP) is 1.60. The number of aryl methyl sites for hydroxylation is 3. The zero-order chi connectivity index (χ0) is 16.7. The van der Waals surface area contributed by atoms with E-state index in [2.05, 4.69) is 15.4 Å². The lowest BCUT2D eigenvalue weighted by Gasteiger charge is -2.13. The van der Waals surface area contributed by atoms with E-state index in [-0.39, 0.29) is 17.2 Å². The smallest absolute Gasteiger partial charge is 0.271 e. The Morgan fingerprint density at radius 2 is 2.13 bits per heavy atom. The molecule has 0 aliphatic rings. The van der Waals surface area contributed by atoms with E-state index in [1.54, 1.807) is 4.68 Å². The van der Waals surface area contributed by atoms with Crippen LogP contribution in [0.3, 0.4) is 0 Å². The maximum absolute atomic E-state index is 12.5. The molecule has 0 saturated heterocycles. The highest BCUT2D eigenvalue weighted by atomic mass is 32.1. The zero-order valence-corrected chi connectivity index (χ0v) is 14.1. The first-order chi connectivity index (χ1) is 10.9. The van der Waals surface area contributed by atoms with Crippen LogP contribution in [0.2, 0.25) is 0 Å². The normalized spacial score (nSPS) is 12.5. The molecule has 1 unspecified atom stereocenters. The van der Waals surface area contributed by atoms with Crippen LogP contribution in [-0.4, -0.2) is 25.1 Å². The average molecular weight is 331 g/mol. The van der Waals surface area contributed by atoms with Crippen LogP contribution in [-0.2, 0) is 7.05 Å². The van der Waals surface area contributed by atoms with Gasteiger partial charge in [-0.15, -0.1) is 11.3 Å². The van der Waals surface area contributed by atoms with Crippen LogP contribution in [0, 0.1) is 13.8 Å². The molecule has 3 rings (SSSR count). The summed E-state index contributed by atoms with van der Waals surface area (Å²) in [7, 11) is 1.83. The van der Waals surface area contributed by atoms with Crippen LogP contribution in [0.5, 0.6) is 0 Å². The van der Waals surface area contributed by atoms with E-state index in [1.165, 1.54) is 21.9 Å². The third-order valence-corrected chi connectivity index (χ3v) is 4.68. The van der Waals surface area contributed by atoms with Crippen LogP contribution >= 0.6 is 11.3 Å². The zero-order valence-electron chi connectivity index (χ0n) is 13.3. The van der Waals surface area contributed by atoms with Gasteiger partial charge in [-0.1, -0.05) is 0 Å². The van der Waals surface area contributed by atoms with Crippen molar-refractivity contribution in [1.82, 2.24) is 24.5 Å². The fourth-order valence-electron chi connectivity index (χ4n) is 2.58. The number of carbonyl (C=O) groups excluding carboxylic acids is 1. The topological polar surface area (TPSA) is 81.3 Å². The molecule has 0 bridgehead atoms. The first kappa shape index (κ1) is 15.4. The minimum atomic E-state index is -0.432. The van der Waals surface area contributed by atoms with Crippen LogP contribution in [0.15, 0.2) is 22.6 Å².